The number of nitrogens with zero attached hydrogens (tertiary/aromatic N) is 5. The van der Waals surface area contributed by atoms with Crippen LogP contribution in [0.4, 0.5) is 5.69 Å². The van der Waals surface area contributed by atoms with Crippen LogP contribution in [0.5, 0.6) is 0 Å². The lowest BCUT2D eigenvalue weighted by molar-refractivity contribution is -0.119. The third kappa shape index (κ3) is 3.94. The number of carbonyl (C=O) groups excluding carboxylic acids is 2. The zero-order valence-electron chi connectivity index (χ0n) is 17.7. The number of esters is 1. The second kappa shape index (κ2) is 8.80. The lowest BCUT2D eigenvalue weighted by Gasteiger charge is -2.15. The predicted molar refractivity (Wildman–Crippen MR) is 120 cm³/mol. The largest absolute Gasteiger partial charge is 0.462 e. The number of ether oxygens (including phenoxy) is 1. The highest BCUT2D eigenvalue weighted by Crippen LogP contribution is 2.25. The van der Waals surface area contributed by atoms with Crippen LogP contribution in [0.25, 0.3) is 16.9 Å². The van der Waals surface area contributed by atoms with Crippen LogP contribution in [-0.4, -0.2) is 42.9 Å². The Morgan fingerprint density at radius 2 is 2.03 bits per heavy atom. The highest BCUT2D eigenvalue weighted by Gasteiger charge is 2.20. The van der Waals surface area contributed by atoms with Gasteiger partial charge < -0.3 is 10.1 Å². The summed E-state index contributed by atoms with van der Waals surface area (Å²) in [6, 6.07) is 8.58. The normalized spacial score (nSPS) is 12.0. The van der Waals surface area contributed by atoms with Gasteiger partial charge in [-0.3, -0.25) is 9.48 Å². The molecule has 164 valence electrons. The molecule has 0 fully saturated rings. The summed E-state index contributed by atoms with van der Waals surface area (Å²) < 4.78 is 8.23. The molecule has 1 aromatic carbocycles. The highest BCUT2D eigenvalue weighted by molar-refractivity contribution is 6.31. The smallest absolute Gasteiger partial charge is 0.343 e. The maximum absolute atomic E-state index is 12.8. The predicted octanol–water partition coefficient (Wildman–Crippen LogP) is 3.93. The quantitative estimate of drug-likeness (QED) is 0.444. The number of carbonyl (C=O) groups is 2. The van der Waals surface area contributed by atoms with Crippen molar-refractivity contribution in [1.82, 2.24) is 24.4 Å². The van der Waals surface area contributed by atoms with Crippen molar-refractivity contribution in [1.29, 1.82) is 0 Å². The summed E-state index contributed by atoms with van der Waals surface area (Å²) >= 11 is 6.06. The number of nitrogens with one attached hydrogen (secondary N) is 1. The average Bonchev–Trinajstić information content (AvgIpc) is 3.37. The molecule has 1 amide bonds. The molecule has 0 spiro atoms. The molecule has 10 heteroatoms. The van der Waals surface area contributed by atoms with Crippen LogP contribution in [0, 0.1) is 6.92 Å². The van der Waals surface area contributed by atoms with E-state index in [1.165, 1.54) is 12.4 Å². The number of rotatable bonds is 6. The summed E-state index contributed by atoms with van der Waals surface area (Å²) in [5.74, 6) is -0.704. The van der Waals surface area contributed by atoms with E-state index >= 15 is 0 Å². The fraction of sp³-hybridized carbons (Fsp3) is 0.227. The van der Waals surface area contributed by atoms with Crippen molar-refractivity contribution in [3.05, 3.63) is 65.2 Å². The molecule has 32 heavy (non-hydrogen) atoms. The second-order valence-corrected chi connectivity index (χ2v) is 7.52. The van der Waals surface area contributed by atoms with Crippen molar-refractivity contribution in [2.45, 2.75) is 26.8 Å². The fourth-order valence-electron chi connectivity index (χ4n) is 3.37. The van der Waals surface area contributed by atoms with Crippen molar-refractivity contribution >= 4 is 34.8 Å². The minimum atomic E-state index is -0.544. The lowest BCUT2D eigenvalue weighted by Crippen LogP contribution is -2.25. The molecule has 1 atom stereocenters. The van der Waals surface area contributed by atoms with Crippen LogP contribution in [-0.2, 0) is 9.53 Å². The van der Waals surface area contributed by atoms with E-state index in [9.17, 15) is 9.59 Å². The fourth-order valence-corrected chi connectivity index (χ4v) is 3.50. The summed E-state index contributed by atoms with van der Waals surface area (Å²) in [7, 11) is 0. The standard InChI is InChI=1S/C22H21ClN6O3/c1-4-32-22(31)17-11-25-29-19(8-9-24-20(17)29)15-6-5-7-16(10-15)27-21(30)14(3)28-13(2)18(23)12-26-28/h5-12,14H,4H2,1-3H3,(H,27,30). The van der Waals surface area contributed by atoms with E-state index in [4.69, 9.17) is 16.3 Å². The highest BCUT2D eigenvalue weighted by atomic mass is 35.5. The topological polar surface area (TPSA) is 103 Å². The molecule has 0 saturated carbocycles. The molecule has 3 aromatic heterocycles. The monoisotopic (exact) mass is 452 g/mol. The number of amides is 1. The molecule has 0 saturated heterocycles. The molecule has 1 N–H and O–H groups in total. The third-order valence-electron chi connectivity index (χ3n) is 5.05. The Morgan fingerprint density at radius 1 is 1.22 bits per heavy atom. The number of benzene rings is 1. The van der Waals surface area contributed by atoms with Crippen molar-refractivity contribution in [2.75, 3.05) is 11.9 Å². The van der Waals surface area contributed by atoms with Gasteiger partial charge in [-0.15, -0.1) is 0 Å². The van der Waals surface area contributed by atoms with Crippen LogP contribution in [0.3, 0.4) is 0 Å². The first kappa shape index (κ1) is 21.5. The molecule has 1 unspecified atom stereocenters. The van der Waals surface area contributed by atoms with Gasteiger partial charge in [-0.1, -0.05) is 23.7 Å². The number of hydrogen-bond acceptors (Lipinski definition) is 6. The SMILES string of the molecule is CCOC(=O)c1cnn2c(-c3cccc(NC(=O)C(C)n4ncc(Cl)c4C)c3)ccnc12. The first-order chi connectivity index (χ1) is 15.4. The summed E-state index contributed by atoms with van der Waals surface area (Å²) in [5.41, 5.74) is 3.52. The lowest BCUT2D eigenvalue weighted by atomic mass is 10.1. The molecule has 4 rings (SSSR count). The molecule has 4 aromatic rings. The number of aromatic nitrogens is 5. The Morgan fingerprint density at radius 3 is 2.75 bits per heavy atom. The van der Waals surface area contributed by atoms with Crippen LogP contribution in [0.1, 0.15) is 35.9 Å². The first-order valence-electron chi connectivity index (χ1n) is 10.0. The minimum Gasteiger partial charge on any atom is -0.462 e. The minimum absolute atomic E-state index is 0.228. The molecule has 0 aliphatic heterocycles. The molecule has 3 heterocycles. The Balaban J connectivity index is 1.62. The van der Waals surface area contributed by atoms with Crippen molar-refractivity contribution in [2.24, 2.45) is 0 Å². The van der Waals surface area contributed by atoms with Crippen LogP contribution < -0.4 is 5.32 Å². The van der Waals surface area contributed by atoms with E-state index in [1.54, 1.807) is 41.4 Å². The van der Waals surface area contributed by atoms with E-state index in [1.807, 2.05) is 25.1 Å². The Kier molecular flexibility index (Phi) is 5.91. The molecule has 0 radical (unpaired) electrons. The van der Waals surface area contributed by atoms with Gasteiger partial charge in [0.1, 0.15) is 11.6 Å². The van der Waals surface area contributed by atoms with Gasteiger partial charge in [-0.05, 0) is 39.0 Å². The van der Waals surface area contributed by atoms with Gasteiger partial charge in [0.05, 0.1) is 35.4 Å². The third-order valence-corrected chi connectivity index (χ3v) is 5.42. The molecule has 0 aliphatic rings. The molecule has 0 bridgehead atoms. The Bertz CT molecular complexity index is 1310. The maximum atomic E-state index is 12.8. The van der Waals surface area contributed by atoms with Gasteiger partial charge in [0.2, 0.25) is 5.91 Å². The van der Waals surface area contributed by atoms with Crippen LogP contribution in [0.15, 0.2) is 48.9 Å². The zero-order chi connectivity index (χ0) is 22.8. The van der Waals surface area contributed by atoms with E-state index < -0.39 is 12.0 Å². The van der Waals surface area contributed by atoms with Gasteiger partial charge in [-0.25, -0.2) is 14.3 Å². The Hall–Kier alpha value is -3.72. The average molecular weight is 453 g/mol. The van der Waals surface area contributed by atoms with Gasteiger partial charge in [0.25, 0.3) is 0 Å². The van der Waals surface area contributed by atoms with Gasteiger partial charge in [0.15, 0.2) is 5.65 Å². The number of halogens is 1. The van der Waals surface area contributed by atoms with Crippen molar-refractivity contribution < 1.29 is 14.3 Å². The summed E-state index contributed by atoms with van der Waals surface area (Å²) in [6.45, 7) is 5.57. The van der Waals surface area contributed by atoms with Gasteiger partial charge in [-0.2, -0.15) is 10.2 Å². The number of anilines is 1. The van der Waals surface area contributed by atoms with Gasteiger partial charge >= 0.3 is 5.97 Å². The molecular weight excluding hydrogens is 432 g/mol. The van der Waals surface area contributed by atoms with Crippen molar-refractivity contribution in [3.63, 3.8) is 0 Å². The van der Waals surface area contributed by atoms with E-state index in [0.29, 0.717) is 27.6 Å². The van der Waals surface area contributed by atoms with E-state index in [0.717, 1.165) is 11.3 Å². The summed E-state index contributed by atoms with van der Waals surface area (Å²) in [6.07, 6.45) is 4.56. The Labute approximate surface area is 189 Å². The van der Waals surface area contributed by atoms with Crippen LogP contribution >= 0.6 is 11.6 Å². The summed E-state index contributed by atoms with van der Waals surface area (Å²) in [5, 5.41) is 11.9. The molecule has 9 nitrogen and oxygen atoms in total. The summed E-state index contributed by atoms with van der Waals surface area (Å²) in [4.78, 5) is 29.2. The molecule has 0 aliphatic carbocycles. The van der Waals surface area contributed by atoms with Crippen LogP contribution in [0.2, 0.25) is 5.02 Å². The van der Waals surface area contributed by atoms with E-state index in [-0.39, 0.29) is 12.5 Å². The zero-order valence-corrected chi connectivity index (χ0v) is 18.5. The number of hydrogen-bond donors (Lipinski definition) is 1. The first-order valence-corrected chi connectivity index (χ1v) is 10.4. The maximum Gasteiger partial charge on any atom is 0.343 e. The van der Waals surface area contributed by atoms with Gasteiger partial charge in [0, 0.05) is 17.4 Å². The molecular formula is C22H21ClN6O3. The second-order valence-electron chi connectivity index (χ2n) is 7.11. The van der Waals surface area contributed by atoms with Crippen molar-refractivity contribution in [3.8, 4) is 11.3 Å². The van der Waals surface area contributed by atoms with E-state index in [2.05, 4.69) is 20.5 Å². The number of fused-ring (bicyclic) bond motifs is 1.